The van der Waals surface area contributed by atoms with Crippen molar-refractivity contribution in [1.29, 1.82) is 0 Å². The summed E-state index contributed by atoms with van der Waals surface area (Å²) in [5.41, 5.74) is 0. The average Bonchev–Trinajstić information content (AvgIpc) is 2.34. The normalized spacial score (nSPS) is 41.2. The molecule has 2 rings (SSSR count). The topological polar surface area (TPSA) is 3.24 Å². The standard InChI is InChI=1S/C8H13F2N/c1-5(2)11-4-3-6-7(11)8(6,9)10/h5-7H,3-4H2,1-2H3. The van der Waals surface area contributed by atoms with Crippen LogP contribution < -0.4 is 0 Å². The molecule has 2 fully saturated rings. The summed E-state index contributed by atoms with van der Waals surface area (Å²) in [6, 6.07) is -0.138. The number of rotatable bonds is 1. The number of piperidine rings is 1. The van der Waals surface area contributed by atoms with Gasteiger partial charge in [-0.2, -0.15) is 0 Å². The predicted octanol–water partition coefficient (Wildman–Crippen LogP) is 1.73. The van der Waals surface area contributed by atoms with E-state index < -0.39 is 12.0 Å². The van der Waals surface area contributed by atoms with Crippen LogP contribution in [0.4, 0.5) is 8.78 Å². The maximum absolute atomic E-state index is 12.8. The van der Waals surface area contributed by atoms with Crippen molar-refractivity contribution in [3.8, 4) is 0 Å². The van der Waals surface area contributed by atoms with E-state index >= 15 is 0 Å². The quantitative estimate of drug-likeness (QED) is 0.566. The van der Waals surface area contributed by atoms with Crippen molar-refractivity contribution in [3.05, 3.63) is 0 Å². The predicted molar refractivity (Wildman–Crippen MR) is 38.7 cm³/mol. The van der Waals surface area contributed by atoms with Gasteiger partial charge in [0.2, 0.25) is 0 Å². The van der Waals surface area contributed by atoms with Gasteiger partial charge in [-0.1, -0.05) is 0 Å². The van der Waals surface area contributed by atoms with Crippen LogP contribution in [0.25, 0.3) is 0 Å². The van der Waals surface area contributed by atoms with Gasteiger partial charge in [0, 0.05) is 12.0 Å². The minimum Gasteiger partial charge on any atom is -0.292 e. The van der Waals surface area contributed by atoms with Gasteiger partial charge in [-0.05, 0) is 26.8 Å². The molecular formula is C8H13F2N. The Morgan fingerprint density at radius 1 is 1.45 bits per heavy atom. The molecule has 1 saturated carbocycles. The zero-order valence-corrected chi connectivity index (χ0v) is 6.85. The Morgan fingerprint density at radius 2 is 2.09 bits per heavy atom. The van der Waals surface area contributed by atoms with Gasteiger partial charge in [-0.3, -0.25) is 4.90 Å². The lowest BCUT2D eigenvalue weighted by Crippen LogP contribution is -2.34. The average molecular weight is 161 g/mol. The number of nitrogens with zero attached hydrogens (tertiary/aromatic N) is 1. The third-order valence-electron chi connectivity index (χ3n) is 2.88. The third kappa shape index (κ3) is 0.835. The molecule has 0 aromatic rings. The van der Waals surface area contributed by atoms with E-state index in [0.29, 0.717) is 6.42 Å². The Hall–Kier alpha value is -0.180. The molecule has 3 heteroatoms. The molecule has 0 bridgehead atoms. The molecule has 2 atom stereocenters. The third-order valence-corrected chi connectivity index (χ3v) is 2.88. The molecule has 1 aliphatic heterocycles. The highest BCUT2D eigenvalue weighted by Gasteiger charge is 2.73. The van der Waals surface area contributed by atoms with E-state index in [1.165, 1.54) is 0 Å². The van der Waals surface area contributed by atoms with Crippen LogP contribution in [-0.4, -0.2) is 29.5 Å². The first-order chi connectivity index (χ1) is 5.05. The van der Waals surface area contributed by atoms with Gasteiger partial charge in [0.1, 0.15) is 0 Å². The van der Waals surface area contributed by atoms with E-state index in [1.807, 2.05) is 18.7 Å². The first kappa shape index (κ1) is 7.47. The molecule has 0 N–H and O–H groups in total. The van der Waals surface area contributed by atoms with E-state index in [2.05, 4.69) is 0 Å². The zero-order valence-electron chi connectivity index (χ0n) is 6.85. The fourth-order valence-electron chi connectivity index (χ4n) is 2.18. The lowest BCUT2D eigenvalue weighted by atomic mass is 10.3. The monoisotopic (exact) mass is 161 g/mol. The highest BCUT2D eigenvalue weighted by atomic mass is 19.3. The van der Waals surface area contributed by atoms with Gasteiger partial charge in [0.25, 0.3) is 5.92 Å². The number of fused-ring (bicyclic) bond motifs is 1. The van der Waals surface area contributed by atoms with E-state index in [-0.39, 0.29) is 12.0 Å². The summed E-state index contributed by atoms with van der Waals surface area (Å²) < 4.78 is 25.6. The van der Waals surface area contributed by atoms with Gasteiger partial charge in [0.15, 0.2) is 0 Å². The molecule has 0 amide bonds. The summed E-state index contributed by atoms with van der Waals surface area (Å²) in [6.07, 6.45) is 0.690. The van der Waals surface area contributed by atoms with E-state index in [4.69, 9.17) is 0 Å². The van der Waals surface area contributed by atoms with E-state index in [1.54, 1.807) is 0 Å². The van der Waals surface area contributed by atoms with Crippen LogP contribution in [0.15, 0.2) is 0 Å². The zero-order chi connectivity index (χ0) is 8.22. The summed E-state index contributed by atoms with van der Waals surface area (Å²) >= 11 is 0. The molecule has 2 aliphatic rings. The largest absolute Gasteiger partial charge is 0.292 e. The van der Waals surface area contributed by atoms with E-state index in [0.717, 1.165) is 6.54 Å². The number of hydrogen-bond acceptors (Lipinski definition) is 1. The van der Waals surface area contributed by atoms with Gasteiger partial charge < -0.3 is 0 Å². The molecular weight excluding hydrogens is 148 g/mol. The van der Waals surface area contributed by atoms with Gasteiger partial charge in [-0.15, -0.1) is 0 Å². The second-order valence-electron chi connectivity index (χ2n) is 3.85. The number of hydrogen-bond donors (Lipinski definition) is 0. The van der Waals surface area contributed by atoms with Crippen LogP contribution in [0.3, 0.4) is 0 Å². The molecule has 11 heavy (non-hydrogen) atoms. The lowest BCUT2D eigenvalue weighted by Gasteiger charge is -2.23. The molecule has 0 aromatic carbocycles. The Morgan fingerprint density at radius 3 is 2.36 bits per heavy atom. The molecule has 0 spiro atoms. The summed E-state index contributed by atoms with van der Waals surface area (Å²) in [4.78, 5) is 1.92. The fraction of sp³-hybridized carbons (Fsp3) is 1.00. The molecule has 1 nitrogen and oxygen atoms in total. The summed E-state index contributed by atoms with van der Waals surface area (Å²) in [5, 5.41) is 0. The Balaban J connectivity index is 2.08. The van der Waals surface area contributed by atoms with Crippen LogP contribution in [0.1, 0.15) is 20.3 Å². The first-order valence-corrected chi connectivity index (χ1v) is 4.18. The van der Waals surface area contributed by atoms with Crippen LogP contribution in [-0.2, 0) is 0 Å². The van der Waals surface area contributed by atoms with E-state index in [9.17, 15) is 8.78 Å². The smallest absolute Gasteiger partial charge is 0.268 e. The Labute approximate surface area is 65.4 Å². The van der Waals surface area contributed by atoms with Gasteiger partial charge >= 0.3 is 0 Å². The number of halogens is 2. The molecule has 0 radical (unpaired) electrons. The molecule has 0 aromatic heterocycles. The summed E-state index contributed by atoms with van der Waals surface area (Å²) in [6.45, 7) is 4.83. The molecule has 2 unspecified atom stereocenters. The number of likely N-dealkylation sites (tertiary alicyclic amines) is 1. The van der Waals surface area contributed by atoms with Gasteiger partial charge in [0.05, 0.1) is 6.04 Å². The van der Waals surface area contributed by atoms with Crippen molar-refractivity contribution in [1.82, 2.24) is 4.90 Å². The van der Waals surface area contributed by atoms with Crippen LogP contribution in [0.2, 0.25) is 0 Å². The Kier molecular flexibility index (Phi) is 1.32. The van der Waals surface area contributed by atoms with Crippen molar-refractivity contribution in [2.24, 2.45) is 5.92 Å². The van der Waals surface area contributed by atoms with Crippen LogP contribution >= 0.6 is 0 Å². The minimum atomic E-state index is -2.36. The van der Waals surface area contributed by atoms with Gasteiger partial charge in [-0.25, -0.2) is 8.78 Å². The van der Waals surface area contributed by atoms with Crippen molar-refractivity contribution in [2.75, 3.05) is 6.54 Å². The molecule has 1 aliphatic carbocycles. The Bertz CT molecular complexity index is 179. The molecule has 64 valence electrons. The highest BCUT2D eigenvalue weighted by Crippen LogP contribution is 2.58. The van der Waals surface area contributed by atoms with Crippen molar-refractivity contribution in [2.45, 2.75) is 38.3 Å². The highest BCUT2D eigenvalue weighted by molar-refractivity contribution is 5.16. The van der Waals surface area contributed by atoms with Crippen molar-refractivity contribution >= 4 is 0 Å². The molecule has 1 heterocycles. The SMILES string of the molecule is CC(C)N1CCC2C1C2(F)F. The fourth-order valence-corrected chi connectivity index (χ4v) is 2.18. The lowest BCUT2D eigenvalue weighted by molar-refractivity contribution is 0.0401. The van der Waals surface area contributed by atoms with Crippen LogP contribution in [0.5, 0.6) is 0 Å². The summed E-state index contributed by atoms with van der Waals surface area (Å²) in [7, 11) is 0. The molecule has 1 saturated heterocycles. The van der Waals surface area contributed by atoms with Crippen molar-refractivity contribution < 1.29 is 8.78 Å². The maximum atomic E-state index is 12.8. The summed E-state index contributed by atoms with van der Waals surface area (Å²) in [5.74, 6) is -2.67. The second-order valence-corrected chi connectivity index (χ2v) is 3.85. The number of alkyl halides is 2. The van der Waals surface area contributed by atoms with Crippen molar-refractivity contribution in [3.63, 3.8) is 0 Å². The second kappa shape index (κ2) is 1.94. The minimum absolute atomic E-state index is 0.276. The maximum Gasteiger partial charge on any atom is 0.268 e. The first-order valence-electron chi connectivity index (χ1n) is 4.18. The van der Waals surface area contributed by atoms with Crippen LogP contribution in [0, 0.1) is 5.92 Å².